The third kappa shape index (κ3) is 6.58. The fraction of sp³-hybridized carbons (Fsp3) is 0.500. The number of benzene rings is 3. The van der Waals surface area contributed by atoms with Crippen LogP contribution in [0.25, 0.3) is 21.5 Å². The largest absolute Gasteiger partial charge is 0.492 e. The van der Waals surface area contributed by atoms with E-state index in [1.54, 1.807) is 0 Å². The van der Waals surface area contributed by atoms with E-state index in [9.17, 15) is 9.59 Å². The summed E-state index contributed by atoms with van der Waals surface area (Å²) in [6.07, 6.45) is 11.3. The van der Waals surface area contributed by atoms with Gasteiger partial charge >= 0.3 is 11.9 Å². The second-order valence-electron chi connectivity index (χ2n) is 10.4. The van der Waals surface area contributed by atoms with Crippen LogP contribution < -0.4 is 9.47 Å². The minimum absolute atomic E-state index is 0.0503. The molecule has 0 unspecified atom stereocenters. The first kappa shape index (κ1) is 26.3. The van der Waals surface area contributed by atoms with Crippen molar-refractivity contribution in [3.05, 3.63) is 48.5 Å². The lowest BCUT2D eigenvalue weighted by Crippen LogP contribution is -2.22. The van der Waals surface area contributed by atoms with Crippen molar-refractivity contribution in [1.82, 2.24) is 0 Å². The zero-order valence-electron chi connectivity index (χ0n) is 22.1. The molecule has 0 saturated heterocycles. The van der Waals surface area contributed by atoms with Gasteiger partial charge in [-0.1, -0.05) is 61.4 Å². The molecule has 2 aliphatic carbocycles. The first-order valence-electron chi connectivity index (χ1n) is 14.3. The molecular weight excluding hydrogens is 480 g/mol. The molecule has 0 amide bonds. The normalized spacial score (nSPS) is 16.8. The van der Waals surface area contributed by atoms with Crippen LogP contribution in [0.5, 0.6) is 11.5 Å². The Balaban J connectivity index is 1.27. The average Bonchev–Trinajstić information content (AvgIpc) is 2.95. The summed E-state index contributed by atoms with van der Waals surface area (Å²) in [7, 11) is 0. The maximum atomic E-state index is 12.4. The van der Waals surface area contributed by atoms with E-state index in [2.05, 4.69) is 0 Å². The zero-order valence-corrected chi connectivity index (χ0v) is 22.1. The Kier molecular flexibility index (Phi) is 9.00. The number of carbonyl (C=O) groups excluding carboxylic acids is 2. The van der Waals surface area contributed by atoms with Gasteiger partial charge in [0, 0.05) is 21.5 Å². The smallest absolute Gasteiger partial charge is 0.309 e. The summed E-state index contributed by atoms with van der Waals surface area (Å²) in [4.78, 5) is 24.8. The van der Waals surface area contributed by atoms with Crippen LogP contribution in [-0.2, 0) is 19.1 Å². The lowest BCUT2D eigenvalue weighted by Gasteiger charge is -2.22. The van der Waals surface area contributed by atoms with Crippen molar-refractivity contribution in [2.75, 3.05) is 13.2 Å². The van der Waals surface area contributed by atoms with Gasteiger partial charge in [-0.2, -0.15) is 0 Å². The van der Waals surface area contributed by atoms with E-state index in [-0.39, 0.29) is 50.2 Å². The van der Waals surface area contributed by atoms with Gasteiger partial charge < -0.3 is 18.9 Å². The summed E-state index contributed by atoms with van der Waals surface area (Å²) >= 11 is 0. The van der Waals surface area contributed by atoms with Crippen molar-refractivity contribution in [3.8, 4) is 11.5 Å². The maximum absolute atomic E-state index is 12.4. The summed E-state index contributed by atoms with van der Waals surface area (Å²) in [6.45, 7) is 0.486. The van der Waals surface area contributed by atoms with Crippen molar-refractivity contribution < 1.29 is 28.5 Å². The fourth-order valence-corrected chi connectivity index (χ4v) is 5.69. The molecule has 0 aromatic heterocycles. The van der Waals surface area contributed by atoms with Gasteiger partial charge in [-0.25, -0.2) is 0 Å². The molecule has 5 rings (SSSR count). The molecule has 3 aromatic rings. The molecule has 202 valence electrons. The monoisotopic (exact) mass is 518 g/mol. The predicted molar refractivity (Wildman–Crippen MR) is 148 cm³/mol. The van der Waals surface area contributed by atoms with Crippen molar-refractivity contribution in [3.63, 3.8) is 0 Å². The summed E-state index contributed by atoms with van der Waals surface area (Å²) < 4.78 is 23.8. The van der Waals surface area contributed by atoms with E-state index < -0.39 is 0 Å². The van der Waals surface area contributed by atoms with Crippen LogP contribution in [0, 0.1) is 0 Å². The minimum Gasteiger partial charge on any atom is -0.492 e. The summed E-state index contributed by atoms with van der Waals surface area (Å²) in [5.41, 5.74) is 0. The first-order valence-corrected chi connectivity index (χ1v) is 14.3. The van der Waals surface area contributed by atoms with E-state index in [1.165, 1.54) is 12.8 Å². The molecular formula is C32H38O6. The minimum atomic E-state index is -0.203. The van der Waals surface area contributed by atoms with Crippen molar-refractivity contribution in [1.29, 1.82) is 0 Å². The van der Waals surface area contributed by atoms with E-state index in [4.69, 9.17) is 18.9 Å². The van der Waals surface area contributed by atoms with Crippen LogP contribution in [0.3, 0.4) is 0 Å². The lowest BCUT2D eigenvalue weighted by atomic mass is 9.98. The molecule has 6 nitrogen and oxygen atoms in total. The van der Waals surface area contributed by atoms with Crippen LogP contribution in [0.1, 0.15) is 77.0 Å². The SMILES string of the molecule is O=C(CCOc1c2ccccc2c(OCCC(=O)OC2CCCCC2)c2ccccc12)OC1CCCCC1. The van der Waals surface area contributed by atoms with Gasteiger partial charge in [0.05, 0.1) is 26.1 Å². The van der Waals surface area contributed by atoms with Crippen LogP contribution in [0.4, 0.5) is 0 Å². The number of hydrogen-bond donors (Lipinski definition) is 0. The number of carbonyl (C=O) groups is 2. The fourth-order valence-electron chi connectivity index (χ4n) is 5.69. The molecule has 38 heavy (non-hydrogen) atoms. The van der Waals surface area contributed by atoms with Crippen LogP contribution in [0.15, 0.2) is 48.5 Å². The summed E-state index contributed by atoms with van der Waals surface area (Å²) in [6, 6.07) is 15.9. The molecule has 0 spiro atoms. The second-order valence-corrected chi connectivity index (χ2v) is 10.4. The van der Waals surface area contributed by atoms with Gasteiger partial charge in [-0.05, 0) is 51.4 Å². The van der Waals surface area contributed by atoms with Gasteiger partial charge in [0.1, 0.15) is 23.7 Å². The highest BCUT2D eigenvalue weighted by molar-refractivity contribution is 6.11. The lowest BCUT2D eigenvalue weighted by molar-refractivity contribution is -0.152. The van der Waals surface area contributed by atoms with Gasteiger partial charge in [0.25, 0.3) is 0 Å². The van der Waals surface area contributed by atoms with Crippen LogP contribution in [0.2, 0.25) is 0 Å². The van der Waals surface area contributed by atoms with Gasteiger partial charge in [-0.15, -0.1) is 0 Å². The Labute approximate surface area is 224 Å². The molecule has 0 N–H and O–H groups in total. The van der Waals surface area contributed by atoms with Gasteiger partial charge in [0.15, 0.2) is 0 Å². The molecule has 0 aliphatic heterocycles. The zero-order chi connectivity index (χ0) is 26.2. The molecule has 2 fully saturated rings. The first-order chi connectivity index (χ1) is 18.7. The Hall–Kier alpha value is -3.28. The van der Waals surface area contributed by atoms with Crippen molar-refractivity contribution in [2.45, 2.75) is 89.3 Å². The number of ether oxygens (including phenoxy) is 4. The van der Waals surface area contributed by atoms with E-state index in [1.807, 2.05) is 48.5 Å². The van der Waals surface area contributed by atoms with E-state index >= 15 is 0 Å². The van der Waals surface area contributed by atoms with E-state index in [0.717, 1.165) is 84.4 Å². The van der Waals surface area contributed by atoms with Crippen molar-refractivity contribution in [2.24, 2.45) is 0 Å². The standard InChI is InChI=1S/C32H38O6/c33-29(37-23-11-3-1-4-12-23)19-21-35-31-25-15-7-9-17-27(25)32(28-18-10-8-16-26(28)31)36-22-20-30(34)38-24-13-5-2-6-14-24/h7-10,15-18,23-24H,1-6,11-14,19-22H2. The van der Waals surface area contributed by atoms with Crippen molar-refractivity contribution >= 4 is 33.5 Å². The molecule has 0 radical (unpaired) electrons. The molecule has 2 aliphatic rings. The number of hydrogen-bond acceptors (Lipinski definition) is 6. The van der Waals surface area contributed by atoms with Crippen LogP contribution in [-0.4, -0.2) is 37.4 Å². The molecule has 0 atom stereocenters. The van der Waals surface area contributed by atoms with Gasteiger partial charge in [0.2, 0.25) is 0 Å². The Bertz CT molecular complexity index is 1090. The van der Waals surface area contributed by atoms with Gasteiger partial charge in [-0.3, -0.25) is 9.59 Å². The van der Waals surface area contributed by atoms with Crippen LogP contribution >= 0.6 is 0 Å². The molecule has 6 heteroatoms. The topological polar surface area (TPSA) is 71.1 Å². The predicted octanol–water partition coefficient (Wildman–Crippen LogP) is 7.28. The summed E-state index contributed by atoms with van der Waals surface area (Å²) in [5, 5.41) is 3.64. The number of rotatable bonds is 10. The highest BCUT2D eigenvalue weighted by Crippen LogP contribution is 2.42. The Morgan fingerprint density at radius 2 is 0.895 bits per heavy atom. The molecule has 2 saturated carbocycles. The third-order valence-electron chi connectivity index (χ3n) is 7.64. The molecule has 0 bridgehead atoms. The maximum Gasteiger partial charge on any atom is 0.309 e. The Morgan fingerprint density at radius 3 is 1.24 bits per heavy atom. The summed E-state index contributed by atoms with van der Waals surface area (Å²) in [5.74, 6) is 1.05. The molecule has 3 aromatic carbocycles. The third-order valence-corrected chi connectivity index (χ3v) is 7.64. The molecule has 0 heterocycles. The highest BCUT2D eigenvalue weighted by Gasteiger charge is 2.20. The quantitative estimate of drug-likeness (QED) is 0.207. The Morgan fingerprint density at radius 1 is 0.553 bits per heavy atom. The number of esters is 2. The second kappa shape index (κ2) is 13.0. The highest BCUT2D eigenvalue weighted by atomic mass is 16.6. The average molecular weight is 519 g/mol. The number of fused-ring (bicyclic) bond motifs is 2. The van der Waals surface area contributed by atoms with E-state index in [0.29, 0.717) is 0 Å².